The minimum Gasteiger partial charge on any atom is -0.361 e. The molecule has 4 nitrogen and oxygen atoms in total. The van der Waals surface area contributed by atoms with Crippen molar-refractivity contribution in [3.8, 4) is 0 Å². The second-order valence-corrected chi connectivity index (χ2v) is 6.50. The van der Waals surface area contributed by atoms with Crippen molar-refractivity contribution in [1.82, 2.24) is 16.2 Å². The SMILES string of the molecule is O=C(NNC(=S)NCCSc1ccccc1)c1cccs1. The molecule has 2 aromatic rings. The Kier molecular flexibility index (Phi) is 6.52. The Balaban J connectivity index is 1.59. The first kappa shape index (κ1) is 15.8. The highest BCUT2D eigenvalue weighted by Crippen LogP contribution is 2.15. The number of thiophene rings is 1. The van der Waals surface area contributed by atoms with Gasteiger partial charge in [0.05, 0.1) is 4.88 Å². The van der Waals surface area contributed by atoms with E-state index in [1.54, 1.807) is 17.8 Å². The van der Waals surface area contributed by atoms with Crippen molar-refractivity contribution in [1.29, 1.82) is 0 Å². The fourth-order valence-corrected chi connectivity index (χ4v) is 3.04. The zero-order chi connectivity index (χ0) is 14.9. The monoisotopic (exact) mass is 337 g/mol. The molecule has 0 saturated carbocycles. The fraction of sp³-hybridized carbons (Fsp3) is 0.143. The highest BCUT2D eigenvalue weighted by Gasteiger charge is 2.05. The number of carbonyl (C=O) groups is 1. The molecule has 0 unspecified atom stereocenters. The summed E-state index contributed by atoms with van der Waals surface area (Å²) in [6.45, 7) is 0.722. The van der Waals surface area contributed by atoms with Crippen molar-refractivity contribution < 1.29 is 4.79 Å². The summed E-state index contributed by atoms with van der Waals surface area (Å²) < 4.78 is 0. The molecular weight excluding hydrogens is 322 g/mol. The number of benzene rings is 1. The van der Waals surface area contributed by atoms with Gasteiger partial charge in [-0.25, -0.2) is 0 Å². The second kappa shape index (κ2) is 8.66. The molecule has 0 bridgehead atoms. The lowest BCUT2D eigenvalue weighted by Crippen LogP contribution is -2.47. The summed E-state index contributed by atoms with van der Waals surface area (Å²) >= 11 is 8.22. The van der Waals surface area contributed by atoms with Crippen LogP contribution in [0.4, 0.5) is 0 Å². The quantitative estimate of drug-likeness (QED) is 0.339. The third kappa shape index (κ3) is 5.74. The molecular formula is C14H15N3OS3. The number of hydrogen-bond acceptors (Lipinski definition) is 4. The number of thioether (sulfide) groups is 1. The van der Waals surface area contributed by atoms with Crippen LogP contribution < -0.4 is 16.2 Å². The summed E-state index contributed by atoms with van der Waals surface area (Å²) in [5.74, 6) is 0.706. The van der Waals surface area contributed by atoms with E-state index in [1.807, 2.05) is 29.6 Å². The molecule has 21 heavy (non-hydrogen) atoms. The Bertz CT molecular complexity index is 572. The fourth-order valence-electron chi connectivity index (χ4n) is 1.48. The molecule has 1 aromatic carbocycles. The van der Waals surface area contributed by atoms with Crippen LogP contribution in [0.3, 0.4) is 0 Å². The molecule has 0 aliphatic heterocycles. The third-order valence-electron chi connectivity index (χ3n) is 2.43. The molecule has 0 fully saturated rings. The molecule has 0 aliphatic rings. The van der Waals surface area contributed by atoms with Crippen LogP contribution in [-0.4, -0.2) is 23.3 Å². The van der Waals surface area contributed by atoms with Gasteiger partial charge in [0.15, 0.2) is 5.11 Å². The van der Waals surface area contributed by atoms with Crippen LogP contribution in [0.25, 0.3) is 0 Å². The van der Waals surface area contributed by atoms with Crippen LogP contribution in [0.15, 0.2) is 52.7 Å². The first-order valence-electron chi connectivity index (χ1n) is 6.31. The molecule has 0 aliphatic carbocycles. The highest BCUT2D eigenvalue weighted by molar-refractivity contribution is 7.99. The first-order valence-corrected chi connectivity index (χ1v) is 8.58. The Morgan fingerprint density at radius 3 is 2.67 bits per heavy atom. The van der Waals surface area contributed by atoms with Gasteiger partial charge in [-0.3, -0.25) is 15.6 Å². The molecule has 3 N–H and O–H groups in total. The van der Waals surface area contributed by atoms with E-state index in [2.05, 4.69) is 28.3 Å². The molecule has 7 heteroatoms. The highest BCUT2D eigenvalue weighted by atomic mass is 32.2. The number of carbonyl (C=O) groups excluding carboxylic acids is 1. The smallest absolute Gasteiger partial charge is 0.279 e. The molecule has 2 rings (SSSR count). The topological polar surface area (TPSA) is 53.2 Å². The van der Waals surface area contributed by atoms with Gasteiger partial charge in [0, 0.05) is 17.2 Å². The van der Waals surface area contributed by atoms with Gasteiger partial charge in [0.1, 0.15) is 0 Å². The molecule has 0 spiro atoms. The molecule has 1 heterocycles. The van der Waals surface area contributed by atoms with E-state index in [0.29, 0.717) is 9.99 Å². The number of thiocarbonyl (C=S) groups is 1. The van der Waals surface area contributed by atoms with E-state index in [9.17, 15) is 4.79 Å². The normalized spacial score (nSPS) is 9.90. The molecule has 1 amide bonds. The maximum Gasteiger partial charge on any atom is 0.279 e. The van der Waals surface area contributed by atoms with Crippen LogP contribution in [0.5, 0.6) is 0 Å². The summed E-state index contributed by atoms with van der Waals surface area (Å²) in [5.41, 5.74) is 5.24. The minimum atomic E-state index is -0.187. The van der Waals surface area contributed by atoms with E-state index in [1.165, 1.54) is 16.2 Å². The average molecular weight is 337 g/mol. The van der Waals surface area contributed by atoms with Crippen molar-refractivity contribution >= 4 is 46.3 Å². The molecule has 0 radical (unpaired) electrons. The zero-order valence-electron chi connectivity index (χ0n) is 11.2. The molecule has 0 atom stereocenters. The summed E-state index contributed by atoms with van der Waals surface area (Å²) in [6, 6.07) is 13.8. The predicted molar refractivity (Wildman–Crippen MR) is 92.7 cm³/mol. The van der Waals surface area contributed by atoms with Crippen molar-refractivity contribution in [2.24, 2.45) is 0 Å². The van der Waals surface area contributed by atoms with Gasteiger partial charge in [0.25, 0.3) is 5.91 Å². The summed E-state index contributed by atoms with van der Waals surface area (Å²) in [7, 11) is 0. The van der Waals surface area contributed by atoms with E-state index in [-0.39, 0.29) is 5.91 Å². The molecule has 0 saturated heterocycles. The number of hydrazine groups is 1. The second-order valence-electron chi connectivity index (χ2n) is 3.97. The molecule has 110 valence electrons. The van der Waals surface area contributed by atoms with E-state index < -0.39 is 0 Å². The third-order valence-corrected chi connectivity index (χ3v) is 4.56. The van der Waals surface area contributed by atoms with Crippen molar-refractivity contribution in [3.05, 3.63) is 52.7 Å². The summed E-state index contributed by atoms with van der Waals surface area (Å²) in [4.78, 5) is 13.5. The number of amides is 1. The first-order chi connectivity index (χ1) is 10.3. The number of rotatable bonds is 5. The largest absolute Gasteiger partial charge is 0.361 e. The van der Waals surface area contributed by atoms with E-state index in [4.69, 9.17) is 12.2 Å². The number of hydrogen-bond donors (Lipinski definition) is 3. The average Bonchev–Trinajstić information content (AvgIpc) is 3.05. The van der Waals surface area contributed by atoms with Crippen molar-refractivity contribution in [2.45, 2.75) is 4.90 Å². The maximum atomic E-state index is 11.7. The number of nitrogens with one attached hydrogen (secondary N) is 3. The van der Waals surface area contributed by atoms with Crippen LogP contribution in [-0.2, 0) is 0 Å². The maximum absolute atomic E-state index is 11.7. The standard InChI is InChI=1S/C14H15N3OS3/c18-13(12-7-4-9-21-12)16-17-14(19)15-8-10-20-11-5-2-1-3-6-11/h1-7,9H,8,10H2,(H,16,18)(H2,15,17,19). The van der Waals surface area contributed by atoms with Gasteiger partial charge in [0.2, 0.25) is 0 Å². The Labute approximate surface area is 137 Å². The van der Waals surface area contributed by atoms with Gasteiger partial charge in [-0.15, -0.1) is 23.1 Å². The molecule has 1 aromatic heterocycles. The Morgan fingerprint density at radius 2 is 1.95 bits per heavy atom. The summed E-state index contributed by atoms with van der Waals surface area (Å²) in [5, 5.41) is 5.31. The van der Waals surface area contributed by atoms with Gasteiger partial charge in [-0.1, -0.05) is 24.3 Å². The lowest BCUT2D eigenvalue weighted by atomic mass is 10.4. The van der Waals surface area contributed by atoms with Gasteiger partial charge < -0.3 is 5.32 Å². The van der Waals surface area contributed by atoms with Crippen LogP contribution in [0, 0.1) is 0 Å². The van der Waals surface area contributed by atoms with Crippen molar-refractivity contribution in [2.75, 3.05) is 12.3 Å². The van der Waals surface area contributed by atoms with E-state index >= 15 is 0 Å². The Morgan fingerprint density at radius 1 is 1.14 bits per heavy atom. The lowest BCUT2D eigenvalue weighted by Gasteiger charge is -2.10. The Hall–Kier alpha value is -1.57. The van der Waals surface area contributed by atoms with Gasteiger partial charge in [-0.05, 0) is 35.8 Å². The lowest BCUT2D eigenvalue weighted by molar-refractivity contribution is 0.0948. The minimum absolute atomic E-state index is 0.187. The van der Waals surface area contributed by atoms with E-state index in [0.717, 1.165) is 12.3 Å². The van der Waals surface area contributed by atoms with Crippen molar-refractivity contribution in [3.63, 3.8) is 0 Å². The van der Waals surface area contributed by atoms with Crippen LogP contribution in [0.1, 0.15) is 9.67 Å². The van der Waals surface area contributed by atoms with Crippen LogP contribution in [0.2, 0.25) is 0 Å². The van der Waals surface area contributed by atoms with Crippen LogP contribution >= 0.6 is 35.3 Å². The summed E-state index contributed by atoms with van der Waals surface area (Å²) in [6.07, 6.45) is 0. The van der Waals surface area contributed by atoms with Gasteiger partial charge in [-0.2, -0.15) is 0 Å². The zero-order valence-corrected chi connectivity index (χ0v) is 13.6. The predicted octanol–water partition coefficient (Wildman–Crippen LogP) is 2.65. The van der Waals surface area contributed by atoms with Gasteiger partial charge >= 0.3 is 0 Å².